The van der Waals surface area contributed by atoms with Gasteiger partial charge in [-0.3, -0.25) is 0 Å². The average molecular weight is 113 g/mol. The third kappa shape index (κ3) is 1.46. The SMILES string of the molecule is [CH2]CCC1CNCN1. The molecule has 1 aliphatic heterocycles. The molecule has 0 aromatic rings. The molecule has 0 aromatic carbocycles. The molecule has 2 N–H and O–H groups in total. The minimum atomic E-state index is 0.687. The van der Waals surface area contributed by atoms with E-state index in [2.05, 4.69) is 17.6 Å². The molecule has 47 valence electrons. The van der Waals surface area contributed by atoms with E-state index >= 15 is 0 Å². The predicted octanol–water partition coefficient (Wildman–Crippen LogP) is 0.120. The highest BCUT2D eigenvalue weighted by Gasteiger charge is 2.10. The summed E-state index contributed by atoms with van der Waals surface area (Å²) in [6.45, 7) is 5.88. The first-order valence-corrected chi connectivity index (χ1v) is 3.17. The van der Waals surface area contributed by atoms with Crippen molar-refractivity contribution in [3.05, 3.63) is 6.92 Å². The minimum absolute atomic E-state index is 0.687. The van der Waals surface area contributed by atoms with Crippen molar-refractivity contribution in [3.63, 3.8) is 0 Å². The largest absolute Gasteiger partial charge is 0.303 e. The normalized spacial score (nSPS) is 28.9. The van der Waals surface area contributed by atoms with Crippen LogP contribution in [-0.2, 0) is 0 Å². The van der Waals surface area contributed by atoms with E-state index in [0.29, 0.717) is 6.04 Å². The van der Waals surface area contributed by atoms with E-state index in [4.69, 9.17) is 0 Å². The molecule has 1 fully saturated rings. The fraction of sp³-hybridized carbons (Fsp3) is 0.833. The van der Waals surface area contributed by atoms with Crippen molar-refractivity contribution in [1.82, 2.24) is 10.6 Å². The first kappa shape index (κ1) is 6.05. The van der Waals surface area contributed by atoms with Crippen LogP contribution >= 0.6 is 0 Å². The summed E-state index contributed by atoms with van der Waals surface area (Å²) >= 11 is 0. The van der Waals surface area contributed by atoms with Crippen LogP contribution < -0.4 is 10.6 Å². The average Bonchev–Trinajstić information content (AvgIpc) is 2.19. The van der Waals surface area contributed by atoms with Crippen LogP contribution in [0.5, 0.6) is 0 Å². The molecule has 0 aromatic heterocycles. The zero-order valence-electron chi connectivity index (χ0n) is 5.11. The Kier molecular flexibility index (Phi) is 2.30. The lowest BCUT2D eigenvalue weighted by Gasteiger charge is -2.04. The topological polar surface area (TPSA) is 24.1 Å². The first-order chi connectivity index (χ1) is 3.93. The predicted molar refractivity (Wildman–Crippen MR) is 34.4 cm³/mol. The van der Waals surface area contributed by atoms with Crippen molar-refractivity contribution in [2.75, 3.05) is 13.2 Å². The molecule has 0 saturated carbocycles. The van der Waals surface area contributed by atoms with Crippen molar-refractivity contribution in [2.24, 2.45) is 0 Å². The van der Waals surface area contributed by atoms with Crippen LogP contribution in [-0.4, -0.2) is 19.3 Å². The van der Waals surface area contributed by atoms with Gasteiger partial charge in [-0.1, -0.05) is 13.3 Å². The van der Waals surface area contributed by atoms with Crippen LogP contribution in [0.25, 0.3) is 0 Å². The summed E-state index contributed by atoms with van der Waals surface area (Å²) in [6, 6.07) is 0.687. The van der Waals surface area contributed by atoms with E-state index in [0.717, 1.165) is 19.6 Å². The Hall–Kier alpha value is -0.0800. The van der Waals surface area contributed by atoms with Gasteiger partial charge in [-0.05, 0) is 6.42 Å². The number of nitrogens with one attached hydrogen (secondary N) is 2. The zero-order chi connectivity index (χ0) is 5.82. The van der Waals surface area contributed by atoms with E-state index in [-0.39, 0.29) is 0 Å². The Morgan fingerprint density at radius 2 is 2.50 bits per heavy atom. The molecule has 1 aliphatic rings. The summed E-state index contributed by atoms with van der Waals surface area (Å²) < 4.78 is 0. The van der Waals surface area contributed by atoms with Gasteiger partial charge < -0.3 is 10.6 Å². The van der Waals surface area contributed by atoms with Crippen molar-refractivity contribution in [2.45, 2.75) is 18.9 Å². The van der Waals surface area contributed by atoms with Crippen molar-refractivity contribution in [1.29, 1.82) is 0 Å². The zero-order valence-corrected chi connectivity index (χ0v) is 5.11. The van der Waals surface area contributed by atoms with E-state index in [1.807, 2.05) is 0 Å². The first-order valence-electron chi connectivity index (χ1n) is 3.17. The van der Waals surface area contributed by atoms with Crippen LogP contribution in [0.3, 0.4) is 0 Å². The van der Waals surface area contributed by atoms with E-state index in [1.54, 1.807) is 0 Å². The van der Waals surface area contributed by atoms with Gasteiger partial charge in [0, 0.05) is 19.3 Å². The van der Waals surface area contributed by atoms with Crippen molar-refractivity contribution >= 4 is 0 Å². The van der Waals surface area contributed by atoms with Crippen LogP contribution in [0.2, 0.25) is 0 Å². The highest BCUT2D eigenvalue weighted by Crippen LogP contribution is 1.96. The molecule has 8 heavy (non-hydrogen) atoms. The maximum atomic E-state index is 3.78. The van der Waals surface area contributed by atoms with Crippen molar-refractivity contribution in [3.8, 4) is 0 Å². The van der Waals surface area contributed by atoms with Gasteiger partial charge in [-0.2, -0.15) is 0 Å². The maximum Gasteiger partial charge on any atom is 0.0457 e. The summed E-state index contributed by atoms with van der Waals surface area (Å²) in [4.78, 5) is 0. The molecule has 1 saturated heterocycles. The molecular formula is C6H13N2. The highest BCUT2D eigenvalue weighted by atomic mass is 15.2. The second kappa shape index (κ2) is 3.05. The van der Waals surface area contributed by atoms with Gasteiger partial charge in [0.25, 0.3) is 0 Å². The van der Waals surface area contributed by atoms with Gasteiger partial charge in [0.2, 0.25) is 0 Å². The van der Waals surface area contributed by atoms with E-state index < -0.39 is 0 Å². The molecule has 1 rings (SSSR count). The molecule has 2 heteroatoms. The lowest BCUT2D eigenvalue weighted by Crippen LogP contribution is -2.22. The Morgan fingerprint density at radius 1 is 1.62 bits per heavy atom. The molecular weight excluding hydrogens is 100 g/mol. The highest BCUT2D eigenvalue weighted by molar-refractivity contribution is 4.74. The number of rotatable bonds is 2. The van der Waals surface area contributed by atoms with Gasteiger partial charge in [-0.25, -0.2) is 0 Å². The van der Waals surface area contributed by atoms with Crippen LogP contribution in [0.1, 0.15) is 12.8 Å². The molecule has 1 atom stereocenters. The van der Waals surface area contributed by atoms with Gasteiger partial charge in [0.1, 0.15) is 0 Å². The standard InChI is InChI=1S/C6H13N2/c1-2-3-6-4-7-5-8-6/h6-8H,1-5H2. The molecule has 0 aliphatic carbocycles. The Labute approximate surface area is 50.7 Å². The molecule has 0 amide bonds. The smallest absolute Gasteiger partial charge is 0.0457 e. The Bertz CT molecular complexity index is 57.5. The minimum Gasteiger partial charge on any atom is -0.303 e. The molecule has 0 spiro atoms. The summed E-state index contributed by atoms with van der Waals surface area (Å²) in [5.41, 5.74) is 0. The third-order valence-corrected chi connectivity index (χ3v) is 1.46. The Morgan fingerprint density at radius 3 is 3.00 bits per heavy atom. The van der Waals surface area contributed by atoms with Gasteiger partial charge in [-0.15, -0.1) is 0 Å². The van der Waals surface area contributed by atoms with Crippen LogP contribution in [0.15, 0.2) is 0 Å². The number of hydrogen-bond acceptors (Lipinski definition) is 2. The molecule has 1 radical (unpaired) electrons. The molecule has 2 nitrogen and oxygen atoms in total. The molecule has 1 heterocycles. The fourth-order valence-electron chi connectivity index (χ4n) is 0.986. The lowest BCUT2D eigenvalue weighted by atomic mass is 10.2. The quantitative estimate of drug-likeness (QED) is 0.531. The molecule has 1 unspecified atom stereocenters. The number of hydrogen-bond donors (Lipinski definition) is 2. The van der Waals surface area contributed by atoms with Gasteiger partial charge in [0.05, 0.1) is 0 Å². The monoisotopic (exact) mass is 113 g/mol. The summed E-state index contributed by atoms with van der Waals surface area (Å²) in [7, 11) is 0. The van der Waals surface area contributed by atoms with Gasteiger partial charge >= 0.3 is 0 Å². The maximum absolute atomic E-state index is 3.78. The van der Waals surface area contributed by atoms with Crippen LogP contribution in [0, 0.1) is 6.92 Å². The Balaban J connectivity index is 2.06. The second-order valence-corrected chi connectivity index (χ2v) is 2.17. The fourth-order valence-corrected chi connectivity index (χ4v) is 0.986. The van der Waals surface area contributed by atoms with Crippen LogP contribution in [0.4, 0.5) is 0 Å². The summed E-state index contributed by atoms with van der Waals surface area (Å²) in [5, 5.41) is 6.52. The van der Waals surface area contributed by atoms with E-state index in [9.17, 15) is 0 Å². The lowest BCUT2D eigenvalue weighted by molar-refractivity contribution is 0.587. The van der Waals surface area contributed by atoms with Gasteiger partial charge in [0.15, 0.2) is 0 Å². The molecule has 0 bridgehead atoms. The van der Waals surface area contributed by atoms with Crippen molar-refractivity contribution < 1.29 is 0 Å². The third-order valence-electron chi connectivity index (χ3n) is 1.46. The summed E-state index contributed by atoms with van der Waals surface area (Å²) in [6.07, 6.45) is 2.24. The van der Waals surface area contributed by atoms with E-state index in [1.165, 1.54) is 6.42 Å². The second-order valence-electron chi connectivity index (χ2n) is 2.17. The summed E-state index contributed by atoms with van der Waals surface area (Å²) in [5.74, 6) is 0.